The van der Waals surface area contributed by atoms with Gasteiger partial charge in [0.25, 0.3) is 0 Å². The molecule has 0 aliphatic rings. The van der Waals surface area contributed by atoms with Crippen molar-refractivity contribution in [3.8, 4) is 11.1 Å². The van der Waals surface area contributed by atoms with Gasteiger partial charge in [-0.05, 0) is 17.5 Å². The Bertz CT molecular complexity index is 581. The molecule has 2 aromatic carbocycles. The number of nitrogens with one attached hydrogen (secondary N) is 1. The van der Waals surface area contributed by atoms with Gasteiger partial charge in [0.2, 0.25) is 5.91 Å². The van der Waals surface area contributed by atoms with Gasteiger partial charge < -0.3 is 5.32 Å². The third kappa shape index (κ3) is 3.42. The number of amides is 1. The minimum Gasteiger partial charge on any atom is -0.325 e. The van der Waals surface area contributed by atoms with Crippen LogP contribution in [0.1, 0.15) is 13.8 Å². The fourth-order valence-electron chi connectivity index (χ4n) is 1.97. The lowest BCUT2D eigenvalue weighted by atomic mass is 10.0. The van der Waals surface area contributed by atoms with Crippen LogP contribution >= 0.6 is 12.6 Å². The molecular weight excluding hydrogens is 266 g/mol. The first-order valence-corrected chi connectivity index (χ1v) is 7.24. The normalized spacial score (nSPS) is 12.2. The average Bonchev–Trinajstić information content (AvgIpc) is 2.47. The second-order valence-corrected chi connectivity index (χ2v) is 5.65. The quantitative estimate of drug-likeness (QED) is 0.808. The van der Waals surface area contributed by atoms with E-state index >= 15 is 0 Å². The number of hydrogen-bond donors (Lipinski definition) is 2. The lowest BCUT2D eigenvalue weighted by Gasteiger charge is -2.16. The number of anilines is 1. The molecule has 0 spiro atoms. The molecule has 0 aromatic heterocycles. The topological polar surface area (TPSA) is 29.1 Å². The van der Waals surface area contributed by atoms with E-state index < -0.39 is 0 Å². The van der Waals surface area contributed by atoms with Crippen molar-refractivity contribution in [2.75, 3.05) is 5.32 Å². The van der Waals surface area contributed by atoms with Gasteiger partial charge in [0, 0.05) is 11.3 Å². The maximum atomic E-state index is 12.1. The van der Waals surface area contributed by atoms with E-state index in [1.165, 1.54) is 0 Å². The second-order valence-electron chi connectivity index (χ2n) is 5.09. The SMILES string of the molecule is CC(C)C(S)C(=O)Nc1ccccc1-c1ccccc1. The van der Waals surface area contributed by atoms with Crippen molar-refractivity contribution in [1.29, 1.82) is 0 Å². The number of benzene rings is 2. The van der Waals surface area contributed by atoms with Crippen molar-refractivity contribution in [3.63, 3.8) is 0 Å². The lowest BCUT2D eigenvalue weighted by molar-refractivity contribution is -0.116. The lowest BCUT2D eigenvalue weighted by Crippen LogP contribution is -2.27. The highest BCUT2D eigenvalue weighted by atomic mass is 32.1. The highest BCUT2D eigenvalue weighted by molar-refractivity contribution is 7.81. The Morgan fingerprint density at radius 2 is 1.60 bits per heavy atom. The summed E-state index contributed by atoms with van der Waals surface area (Å²) in [6, 6.07) is 17.8. The van der Waals surface area contributed by atoms with Gasteiger partial charge >= 0.3 is 0 Å². The van der Waals surface area contributed by atoms with Crippen LogP contribution in [0.5, 0.6) is 0 Å². The van der Waals surface area contributed by atoms with Gasteiger partial charge in [-0.2, -0.15) is 12.6 Å². The molecular formula is C17H19NOS. The van der Waals surface area contributed by atoms with Crippen LogP contribution in [0.15, 0.2) is 54.6 Å². The van der Waals surface area contributed by atoms with Gasteiger partial charge in [0.15, 0.2) is 0 Å². The molecule has 0 fully saturated rings. The smallest absolute Gasteiger partial charge is 0.237 e. The number of carbonyl (C=O) groups is 1. The minimum atomic E-state index is -0.307. The van der Waals surface area contributed by atoms with E-state index in [-0.39, 0.29) is 17.1 Å². The number of thiol groups is 1. The van der Waals surface area contributed by atoms with Crippen LogP contribution in [0.2, 0.25) is 0 Å². The van der Waals surface area contributed by atoms with E-state index in [0.717, 1.165) is 16.8 Å². The van der Waals surface area contributed by atoms with Gasteiger partial charge in [-0.25, -0.2) is 0 Å². The molecule has 0 radical (unpaired) electrons. The zero-order valence-electron chi connectivity index (χ0n) is 11.7. The number of para-hydroxylation sites is 1. The van der Waals surface area contributed by atoms with E-state index in [9.17, 15) is 4.79 Å². The van der Waals surface area contributed by atoms with Crippen LogP contribution < -0.4 is 5.32 Å². The molecule has 1 atom stereocenters. The summed E-state index contributed by atoms with van der Waals surface area (Å²) in [5.74, 6) is 0.133. The molecule has 0 bridgehead atoms. The summed E-state index contributed by atoms with van der Waals surface area (Å²) in [6.07, 6.45) is 0. The summed E-state index contributed by atoms with van der Waals surface area (Å²) < 4.78 is 0. The van der Waals surface area contributed by atoms with E-state index in [2.05, 4.69) is 17.9 Å². The Balaban J connectivity index is 2.28. The monoisotopic (exact) mass is 285 g/mol. The molecule has 1 unspecified atom stereocenters. The fourth-order valence-corrected chi connectivity index (χ4v) is 2.04. The standard InChI is InChI=1S/C17H19NOS/c1-12(2)16(20)17(19)18-15-11-7-6-10-14(15)13-8-4-3-5-9-13/h3-12,16,20H,1-2H3,(H,18,19). The van der Waals surface area contributed by atoms with E-state index in [0.29, 0.717) is 0 Å². The van der Waals surface area contributed by atoms with Gasteiger partial charge in [0.1, 0.15) is 0 Å². The summed E-state index contributed by atoms with van der Waals surface area (Å²) in [5, 5.41) is 2.67. The highest BCUT2D eigenvalue weighted by Crippen LogP contribution is 2.28. The van der Waals surface area contributed by atoms with E-state index in [1.807, 2.05) is 68.4 Å². The van der Waals surface area contributed by atoms with E-state index in [4.69, 9.17) is 0 Å². The molecule has 0 heterocycles. The van der Waals surface area contributed by atoms with Crippen molar-refractivity contribution in [2.24, 2.45) is 5.92 Å². The maximum absolute atomic E-state index is 12.1. The molecule has 1 amide bonds. The first-order chi connectivity index (χ1) is 9.59. The third-order valence-electron chi connectivity index (χ3n) is 3.17. The van der Waals surface area contributed by atoms with Crippen molar-refractivity contribution in [3.05, 3.63) is 54.6 Å². The molecule has 0 aliphatic heterocycles. The summed E-state index contributed by atoms with van der Waals surface area (Å²) in [5.41, 5.74) is 2.93. The molecule has 0 aliphatic carbocycles. The first-order valence-electron chi connectivity index (χ1n) is 6.73. The summed E-state index contributed by atoms with van der Waals surface area (Å²) in [7, 11) is 0. The molecule has 2 nitrogen and oxygen atoms in total. The minimum absolute atomic E-state index is 0.0632. The van der Waals surface area contributed by atoms with Gasteiger partial charge in [-0.1, -0.05) is 62.4 Å². The van der Waals surface area contributed by atoms with Crippen LogP contribution in [0.3, 0.4) is 0 Å². The molecule has 0 saturated carbocycles. The number of carbonyl (C=O) groups excluding carboxylic acids is 1. The molecule has 0 saturated heterocycles. The Morgan fingerprint density at radius 3 is 2.25 bits per heavy atom. The van der Waals surface area contributed by atoms with Crippen molar-refractivity contribution in [2.45, 2.75) is 19.1 Å². The Morgan fingerprint density at radius 1 is 1.00 bits per heavy atom. The second kappa shape index (κ2) is 6.62. The fraction of sp³-hybridized carbons (Fsp3) is 0.235. The van der Waals surface area contributed by atoms with Crippen LogP contribution in [0, 0.1) is 5.92 Å². The van der Waals surface area contributed by atoms with Crippen molar-refractivity contribution >= 4 is 24.2 Å². The molecule has 2 rings (SSSR count). The molecule has 2 aromatic rings. The van der Waals surface area contributed by atoms with Crippen LogP contribution in [-0.4, -0.2) is 11.2 Å². The van der Waals surface area contributed by atoms with Crippen LogP contribution in [0.25, 0.3) is 11.1 Å². The number of rotatable bonds is 4. The zero-order valence-corrected chi connectivity index (χ0v) is 12.6. The summed E-state index contributed by atoms with van der Waals surface area (Å²) in [4.78, 5) is 12.1. The summed E-state index contributed by atoms with van der Waals surface area (Å²) >= 11 is 4.36. The summed E-state index contributed by atoms with van der Waals surface area (Å²) in [6.45, 7) is 3.97. The predicted octanol–water partition coefficient (Wildman–Crippen LogP) is 4.25. The molecule has 1 N–H and O–H groups in total. The van der Waals surface area contributed by atoms with Crippen molar-refractivity contribution in [1.82, 2.24) is 0 Å². The molecule has 3 heteroatoms. The predicted molar refractivity (Wildman–Crippen MR) is 88.1 cm³/mol. The Kier molecular flexibility index (Phi) is 4.85. The first kappa shape index (κ1) is 14.7. The van der Waals surface area contributed by atoms with Gasteiger partial charge in [-0.15, -0.1) is 0 Å². The zero-order chi connectivity index (χ0) is 14.5. The van der Waals surface area contributed by atoms with Gasteiger partial charge in [0.05, 0.1) is 5.25 Å². The van der Waals surface area contributed by atoms with E-state index in [1.54, 1.807) is 0 Å². The number of hydrogen-bond acceptors (Lipinski definition) is 2. The largest absolute Gasteiger partial charge is 0.325 e. The average molecular weight is 285 g/mol. The Hall–Kier alpha value is -1.74. The van der Waals surface area contributed by atoms with Gasteiger partial charge in [-0.3, -0.25) is 4.79 Å². The Labute approximate surface area is 125 Å². The third-order valence-corrected chi connectivity index (χ3v) is 4.00. The van der Waals surface area contributed by atoms with Crippen molar-refractivity contribution < 1.29 is 4.79 Å². The van der Waals surface area contributed by atoms with Crippen LogP contribution in [-0.2, 0) is 4.79 Å². The highest BCUT2D eigenvalue weighted by Gasteiger charge is 2.18. The van der Waals surface area contributed by atoms with Crippen LogP contribution in [0.4, 0.5) is 5.69 Å². The molecule has 20 heavy (non-hydrogen) atoms. The molecule has 104 valence electrons. The maximum Gasteiger partial charge on any atom is 0.237 e.